The third-order valence-electron chi connectivity index (χ3n) is 8.89. The van der Waals surface area contributed by atoms with Crippen LogP contribution in [0, 0.1) is 53.3 Å². The highest BCUT2D eigenvalue weighted by atomic mass is 16.5. The summed E-state index contributed by atoms with van der Waals surface area (Å²) in [6.45, 7) is 12.3. The molecule has 0 aliphatic heterocycles. The standard InChI is InChI=1S/C27H46O4/c1-17-9-11-22(20(4)13-17)15-30-26(28)24-8-6-7-19(3)25(24)27(29)31-16-23-12-10-18(2)14-21(23)5/h17-25H,6-16H2,1-5H3. The first kappa shape index (κ1) is 24.6. The van der Waals surface area contributed by atoms with Crippen molar-refractivity contribution in [2.24, 2.45) is 53.3 Å². The third-order valence-corrected chi connectivity index (χ3v) is 8.89. The van der Waals surface area contributed by atoms with E-state index in [1.165, 1.54) is 25.7 Å². The van der Waals surface area contributed by atoms with Gasteiger partial charge in [-0.25, -0.2) is 0 Å². The summed E-state index contributed by atoms with van der Waals surface area (Å²) in [5, 5.41) is 0. The van der Waals surface area contributed by atoms with E-state index in [2.05, 4.69) is 34.6 Å². The second-order valence-electron chi connectivity index (χ2n) is 11.6. The zero-order valence-corrected chi connectivity index (χ0v) is 20.6. The molecule has 0 heterocycles. The Morgan fingerprint density at radius 1 is 0.645 bits per heavy atom. The van der Waals surface area contributed by atoms with Crippen molar-refractivity contribution >= 4 is 11.9 Å². The third kappa shape index (κ3) is 6.48. The molecule has 31 heavy (non-hydrogen) atoms. The average molecular weight is 435 g/mol. The minimum atomic E-state index is -0.345. The highest BCUT2D eigenvalue weighted by Crippen LogP contribution is 2.39. The fourth-order valence-corrected chi connectivity index (χ4v) is 6.61. The zero-order valence-electron chi connectivity index (χ0n) is 20.6. The molecule has 0 radical (unpaired) electrons. The second kappa shape index (κ2) is 11.2. The SMILES string of the molecule is CC1CCC(COC(=O)C2CCCC(C)C2C(=O)OCC2CCC(C)CC2C)C(C)C1. The van der Waals surface area contributed by atoms with Crippen LogP contribution in [-0.4, -0.2) is 25.2 Å². The van der Waals surface area contributed by atoms with Crippen molar-refractivity contribution in [3.05, 3.63) is 0 Å². The number of ether oxygens (including phenoxy) is 2. The number of hydrogen-bond acceptors (Lipinski definition) is 4. The molecule has 3 rings (SSSR count). The Balaban J connectivity index is 1.53. The second-order valence-corrected chi connectivity index (χ2v) is 11.6. The molecule has 0 aromatic rings. The maximum absolute atomic E-state index is 13.1. The summed E-state index contributed by atoms with van der Waals surface area (Å²) in [6, 6.07) is 0. The van der Waals surface area contributed by atoms with Gasteiger partial charge in [0.2, 0.25) is 0 Å². The summed E-state index contributed by atoms with van der Waals surface area (Å²) < 4.78 is 11.7. The van der Waals surface area contributed by atoms with E-state index >= 15 is 0 Å². The molecule has 9 atom stereocenters. The molecule has 3 aliphatic rings. The maximum Gasteiger partial charge on any atom is 0.310 e. The molecule has 0 bridgehead atoms. The van der Waals surface area contributed by atoms with Gasteiger partial charge in [-0.15, -0.1) is 0 Å². The molecule has 3 saturated carbocycles. The van der Waals surface area contributed by atoms with Gasteiger partial charge in [-0.3, -0.25) is 9.59 Å². The summed E-state index contributed by atoms with van der Waals surface area (Å²) in [7, 11) is 0. The van der Waals surface area contributed by atoms with Crippen LogP contribution in [0.2, 0.25) is 0 Å². The van der Waals surface area contributed by atoms with Gasteiger partial charge in [0.15, 0.2) is 0 Å². The maximum atomic E-state index is 13.1. The first-order valence-corrected chi connectivity index (χ1v) is 13.1. The molecule has 4 heteroatoms. The topological polar surface area (TPSA) is 52.6 Å². The van der Waals surface area contributed by atoms with Crippen LogP contribution in [-0.2, 0) is 19.1 Å². The Morgan fingerprint density at radius 3 is 1.68 bits per heavy atom. The molecule has 0 N–H and O–H groups in total. The number of rotatable bonds is 6. The Kier molecular flexibility index (Phi) is 8.87. The lowest BCUT2D eigenvalue weighted by Gasteiger charge is -2.36. The van der Waals surface area contributed by atoms with E-state index in [4.69, 9.17) is 9.47 Å². The molecule has 178 valence electrons. The molecule has 3 fully saturated rings. The van der Waals surface area contributed by atoms with E-state index in [1.54, 1.807) is 0 Å². The van der Waals surface area contributed by atoms with Crippen LogP contribution < -0.4 is 0 Å². The van der Waals surface area contributed by atoms with Crippen LogP contribution in [0.1, 0.15) is 92.4 Å². The van der Waals surface area contributed by atoms with Crippen molar-refractivity contribution in [2.75, 3.05) is 13.2 Å². The van der Waals surface area contributed by atoms with Gasteiger partial charge >= 0.3 is 11.9 Å². The van der Waals surface area contributed by atoms with Crippen molar-refractivity contribution in [3.8, 4) is 0 Å². The van der Waals surface area contributed by atoms with Crippen LogP contribution in [0.3, 0.4) is 0 Å². The number of hydrogen-bond donors (Lipinski definition) is 0. The minimum Gasteiger partial charge on any atom is -0.465 e. The lowest BCUT2D eigenvalue weighted by molar-refractivity contribution is -0.167. The smallest absolute Gasteiger partial charge is 0.310 e. The van der Waals surface area contributed by atoms with Crippen molar-refractivity contribution in [2.45, 2.75) is 92.4 Å². The normalized spacial score (nSPS) is 41.4. The van der Waals surface area contributed by atoms with Crippen molar-refractivity contribution in [1.82, 2.24) is 0 Å². The molecule has 0 saturated heterocycles. The van der Waals surface area contributed by atoms with Crippen LogP contribution >= 0.6 is 0 Å². The lowest BCUT2D eigenvalue weighted by Crippen LogP contribution is -2.41. The fourth-order valence-electron chi connectivity index (χ4n) is 6.61. The van der Waals surface area contributed by atoms with Gasteiger partial charge in [-0.2, -0.15) is 0 Å². The summed E-state index contributed by atoms with van der Waals surface area (Å²) in [5.41, 5.74) is 0. The fraction of sp³-hybridized carbons (Fsp3) is 0.926. The minimum absolute atomic E-state index is 0.167. The highest BCUT2D eigenvalue weighted by Gasteiger charge is 2.43. The van der Waals surface area contributed by atoms with Gasteiger partial charge in [0, 0.05) is 0 Å². The Hall–Kier alpha value is -1.06. The largest absolute Gasteiger partial charge is 0.465 e. The van der Waals surface area contributed by atoms with E-state index in [0.29, 0.717) is 36.9 Å². The Labute approximate surface area is 190 Å². The van der Waals surface area contributed by atoms with Crippen LogP contribution in [0.25, 0.3) is 0 Å². The van der Waals surface area contributed by atoms with Gasteiger partial charge in [0.05, 0.1) is 25.0 Å². The van der Waals surface area contributed by atoms with Crippen LogP contribution in [0.5, 0.6) is 0 Å². The molecule has 0 spiro atoms. The van der Waals surface area contributed by atoms with Gasteiger partial charge < -0.3 is 9.47 Å². The molecule has 3 aliphatic carbocycles. The summed E-state index contributed by atoms with van der Waals surface area (Å²) in [6.07, 6.45) is 9.88. The van der Waals surface area contributed by atoms with Crippen LogP contribution in [0.15, 0.2) is 0 Å². The van der Waals surface area contributed by atoms with E-state index in [0.717, 1.165) is 43.9 Å². The quantitative estimate of drug-likeness (QED) is 0.462. The number of carbonyl (C=O) groups excluding carboxylic acids is 2. The molecule has 4 nitrogen and oxygen atoms in total. The predicted molar refractivity (Wildman–Crippen MR) is 123 cm³/mol. The van der Waals surface area contributed by atoms with E-state index in [-0.39, 0.29) is 29.7 Å². The monoisotopic (exact) mass is 434 g/mol. The first-order chi connectivity index (χ1) is 14.8. The zero-order chi connectivity index (χ0) is 22.5. The highest BCUT2D eigenvalue weighted by molar-refractivity contribution is 5.82. The van der Waals surface area contributed by atoms with E-state index in [9.17, 15) is 9.59 Å². The molecular weight excluding hydrogens is 388 g/mol. The number of carbonyl (C=O) groups is 2. The van der Waals surface area contributed by atoms with Gasteiger partial charge in [-0.1, -0.05) is 53.9 Å². The first-order valence-electron chi connectivity index (χ1n) is 13.1. The summed E-state index contributed by atoms with van der Waals surface area (Å²) >= 11 is 0. The van der Waals surface area contributed by atoms with E-state index in [1.807, 2.05) is 0 Å². The molecule has 0 aromatic carbocycles. The predicted octanol–water partition coefficient (Wildman–Crippen LogP) is 6.27. The van der Waals surface area contributed by atoms with Crippen LogP contribution in [0.4, 0.5) is 0 Å². The Morgan fingerprint density at radius 2 is 1.16 bits per heavy atom. The number of esters is 2. The van der Waals surface area contributed by atoms with Crippen molar-refractivity contribution in [3.63, 3.8) is 0 Å². The molecular formula is C27H46O4. The molecule has 9 unspecified atom stereocenters. The van der Waals surface area contributed by atoms with Gasteiger partial charge in [0.25, 0.3) is 0 Å². The average Bonchev–Trinajstić information content (AvgIpc) is 2.72. The van der Waals surface area contributed by atoms with Gasteiger partial charge in [0.1, 0.15) is 0 Å². The van der Waals surface area contributed by atoms with Gasteiger partial charge in [-0.05, 0) is 80.0 Å². The van der Waals surface area contributed by atoms with E-state index < -0.39 is 0 Å². The summed E-state index contributed by atoms with van der Waals surface area (Å²) in [5.74, 6) is 2.83. The Bertz CT molecular complexity index is 602. The lowest BCUT2D eigenvalue weighted by atomic mass is 9.72. The molecule has 0 aromatic heterocycles. The van der Waals surface area contributed by atoms with Crippen molar-refractivity contribution < 1.29 is 19.1 Å². The van der Waals surface area contributed by atoms with Crippen molar-refractivity contribution in [1.29, 1.82) is 0 Å². The molecule has 0 amide bonds. The summed E-state index contributed by atoms with van der Waals surface area (Å²) in [4.78, 5) is 26.1.